The molecule has 0 aromatic rings. The molecule has 0 aromatic carbocycles. The smallest absolute Gasteiger partial charge is 0.145 e. The van der Waals surface area contributed by atoms with Gasteiger partial charge in [-0.2, -0.15) is 0 Å². The highest BCUT2D eigenvalue weighted by molar-refractivity contribution is 15.0. The fourth-order valence-corrected chi connectivity index (χ4v) is 2.16. The second kappa shape index (κ2) is 12.0. The summed E-state index contributed by atoms with van der Waals surface area (Å²) >= 11 is 4.24. The van der Waals surface area contributed by atoms with Crippen molar-refractivity contribution in [1.82, 2.24) is 0 Å². The highest BCUT2D eigenvalue weighted by Gasteiger charge is 2.35. The van der Waals surface area contributed by atoms with Crippen molar-refractivity contribution < 1.29 is 19.1 Å². The molecule has 1 saturated heterocycles. The highest BCUT2D eigenvalue weighted by Crippen LogP contribution is 2.36. The summed E-state index contributed by atoms with van der Waals surface area (Å²) in [6, 6.07) is 0. The van der Waals surface area contributed by atoms with Gasteiger partial charge in [-0.25, -0.2) is 0 Å². The molecule has 3 atom stereocenters. The van der Waals surface area contributed by atoms with Gasteiger partial charge in [-0.1, -0.05) is 6.08 Å². The average Bonchev–Trinajstić information content (AvgIpc) is 2.96. The SMILES string of the molecule is CC1C[C@@H]2C=C(C=O)C[C@@H]2O1.II.O=CCCC=O. The van der Waals surface area contributed by atoms with Crippen LogP contribution in [0.1, 0.15) is 32.6 Å². The zero-order chi connectivity index (χ0) is 14.7. The van der Waals surface area contributed by atoms with Crippen molar-refractivity contribution in [3.63, 3.8) is 0 Å². The first-order valence-electron chi connectivity index (χ1n) is 6.04. The maximum absolute atomic E-state index is 10.4. The van der Waals surface area contributed by atoms with E-state index in [4.69, 9.17) is 4.74 Å². The Morgan fingerprint density at radius 2 is 1.84 bits per heavy atom. The van der Waals surface area contributed by atoms with E-state index in [0.717, 1.165) is 37.3 Å². The molecule has 1 aliphatic carbocycles. The van der Waals surface area contributed by atoms with Crippen LogP contribution in [0.25, 0.3) is 0 Å². The van der Waals surface area contributed by atoms with Crippen molar-refractivity contribution in [2.24, 2.45) is 5.92 Å². The van der Waals surface area contributed by atoms with E-state index in [9.17, 15) is 14.4 Å². The molecule has 1 fully saturated rings. The van der Waals surface area contributed by atoms with Crippen LogP contribution in [0.5, 0.6) is 0 Å². The van der Waals surface area contributed by atoms with Crippen LogP contribution in [-0.4, -0.2) is 31.1 Å². The number of hydrogen-bond acceptors (Lipinski definition) is 4. The van der Waals surface area contributed by atoms with Crippen LogP contribution < -0.4 is 0 Å². The number of aldehydes is 3. The molecule has 0 bridgehead atoms. The van der Waals surface area contributed by atoms with Gasteiger partial charge in [0.05, 0.1) is 12.2 Å². The van der Waals surface area contributed by atoms with Crippen LogP contribution in [0.3, 0.4) is 0 Å². The minimum atomic E-state index is 0.310. The van der Waals surface area contributed by atoms with Crippen molar-refractivity contribution in [2.45, 2.75) is 44.8 Å². The van der Waals surface area contributed by atoms with Crippen molar-refractivity contribution in [3.05, 3.63) is 11.6 Å². The van der Waals surface area contributed by atoms with Crippen LogP contribution in [0.15, 0.2) is 11.6 Å². The van der Waals surface area contributed by atoms with Gasteiger partial charge in [0.2, 0.25) is 0 Å². The van der Waals surface area contributed by atoms with E-state index in [0.29, 0.717) is 31.0 Å². The molecule has 1 aliphatic heterocycles. The Morgan fingerprint density at radius 1 is 1.26 bits per heavy atom. The molecular weight excluding hydrogens is 474 g/mol. The summed E-state index contributed by atoms with van der Waals surface area (Å²) < 4.78 is 5.61. The van der Waals surface area contributed by atoms with E-state index in [1.54, 1.807) is 0 Å². The fraction of sp³-hybridized carbons (Fsp3) is 0.615. The molecule has 0 aromatic heterocycles. The van der Waals surface area contributed by atoms with Gasteiger partial charge in [0.25, 0.3) is 0 Å². The first-order chi connectivity index (χ1) is 9.21. The Kier molecular flexibility index (Phi) is 12.1. The van der Waals surface area contributed by atoms with Crippen LogP contribution in [0.4, 0.5) is 0 Å². The first-order valence-corrected chi connectivity index (χ1v) is 12.3. The monoisotopic (exact) mass is 492 g/mol. The third-order valence-electron chi connectivity index (χ3n) is 2.91. The molecule has 0 radical (unpaired) electrons. The van der Waals surface area contributed by atoms with Gasteiger partial charge in [-0.05, 0) is 18.9 Å². The third-order valence-corrected chi connectivity index (χ3v) is 2.91. The number of hydrogen-bond donors (Lipinski definition) is 0. The summed E-state index contributed by atoms with van der Waals surface area (Å²) in [4.78, 5) is 29.2. The molecular formula is C13H18I2O4. The standard InChI is InChI=1S/C9H12O2.C4H6O2.I2/c1-6-2-8-3-7(5-10)4-9(8)11-6;5-3-1-2-4-6;1-2/h3,5-6,8-9H,2,4H2,1H3;3-4H,1-2H2;/t6?,8-,9+;;/m1../s1. The predicted molar refractivity (Wildman–Crippen MR) is 90.6 cm³/mol. The van der Waals surface area contributed by atoms with Crippen LogP contribution in [0, 0.1) is 5.92 Å². The Bertz CT molecular complexity index is 310. The Hall–Kier alpha value is 0.170. The van der Waals surface area contributed by atoms with E-state index < -0.39 is 0 Å². The molecule has 1 unspecified atom stereocenters. The van der Waals surface area contributed by atoms with Crippen molar-refractivity contribution >= 4 is 56.1 Å². The number of halogens is 2. The summed E-state index contributed by atoms with van der Waals surface area (Å²) in [5.74, 6) is 0.519. The van der Waals surface area contributed by atoms with Gasteiger partial charge in [-0.3, -0.25) is 4.79 Å². The molecule has 2 aliphatic rings. The van der Waals surface area contributed by atoms with Crippen molar-refractivity contribution in [3.8, 4) is 0 Å². The van der Waals surface area contributed by atoms with Gasteiger partial charge in [-0.15, -0.1) is 0 Å². The van der Waals surface area contributed by atoms with E-state index in [1.807, 2.05) is 0 Å². The van der Waals surface area contributed by atoms with Crippen LogP contribution in [0.2, 0.25) is 0 Å². The number of rotatable bonds is 4. The zero-order valence-electron chi connectivity index (χ0n) is 10.8. The molecule has 108 valence electrons. The van der Waals surface area contributed by atoms with E-state index in [-0.39, 0.29) is 0 Å². The molecule has 6 heteroatoms. The summed E-state index contributed by atoms with van der Waals surface area (Å²) in [6.45, 7) is 2.09. The molecule has 1 heterocycles. The number of fused-ring (bicyclic) bond motifs is 1. The molecule has 2 rings (SSSR count). The lowest BCUT2D eigenvalue weighted by Crippen LogP contribution is -2.09. The van der Waals surface area contributed by atoms with Gasteiger partial charge in [0.1, 0.15) is 18.9 Å². The Balaban J connectivity index is 0.000000350. The second-order valence-corrected chi connectivity index (χ2v) is 4.36. The minimum Gasteiger partial charge on any atom is -0.374 e. The first kappa shape index (κ1) is 19.2. The summed E-state index contributed by atoms with van der Waals surface area (Å²) in [6.07, 6.45) is 7.82. The largest absolute Gasteiger partial charge is 0.374 e. The molecule has 19 heavy (non-hydrogen) atoms. The molecule has 0 N–H and O–H groups in total. The lowest BCUT2D eigenvalue weighted by atomic mass is 10.0. The summed E-state index contributed by atoms with van der Waals surface area (Å²) in [5, 5.41) is 0. The Labute approximate surface area is 137 Å². The maximum atomic E-state index is 10.4. The fourth-order valence-electron chi connectivity index (χ4n) is 2.16. The summed E-state index contributed by atoms with van der Waals surface area (Å²) in [5.41, 5.74) is 0.923. The van der Waals surface area contributed by atoms with Gasteiger partial charge in [0, 0.05) is 62.4 Å². The van der Waals surface area contributed by atoms with Gasteiger partial charge in [0.15, 0.2) is 0 Å². The van der Waals surface area contributed by atoms with Gasteiger partial charge >= 0.3 is 0 Å². The van der Waals surface area contributed by atoms with Crippen molar-refractivity contribution in [2.75, 3.05) is 0 Å². The molecule has 0 amide bonds. The van der Waals surface area contributed by atoms with E-state index >= 15 is 0 Å². The third kappa shape index (κ3) is 7.50. The zero-order valence-corrected chi connectivity index (χ0v) is 15.1. The highest BCUT2D eigenvalue weighted by atomic mass is 128. The normalized spacial score (nSPS) is 26.9. The molecule has 4 nitrogen and oxygen atoms in total. The van der Waals surface area contributed by atoms with Gasteiger partial charge < -0.3 is 14.3 Å². The second-order valence-electron chi connectivity index (χ2n) is 4.36. The lowest BCUT2D eigenvalue weighted by molar-refractivity contribution is -0.112. The Morgan fingerprint density at radius 3 is 2.26 bits per heavy atom. The number of unbranched alkanes of at least 4 members (excludes halogenated alkanes) is 1. The van der Waals surface area contributed by atoms with Crippen molar-refractivity contribution in [1.29, 1.82) is 0 Å². The number of ether oxygens (including phenoxy) is 1. The van der Waals surface area contributed by atoms with E-state index in [1.165, 1.54) is 0 Å². The lowest BCUT2D eigenvalue weighted by Gasteiger charge is -2.07. The minimum absolute atomic E-state index is 0.310. The molecule has 0 spiro atoms. The summed E-state index contributed by atoms with van der Waals surface area (Å²) in [7, 11) is 0. The topological polar surface area (TPSA) is 60.4 Å². The van der Waals surface area contributed by atoms with Crippen LogP contribution >= 0.6 is 37.2 Å². The predicted octanol–water partition coefficient (Wildman–Crippen LogP) is 3.24. The van der Waals surface area contributed by atoms with Crippen LogP contribution in [-0.2, 0) is 19.1 Å². The quantitative estimate of drug-likeness (QED) is 0.344. The number of carbonyl (C=O) groups excluding carboxylic acids is 3. The van der Waals surface area contributed by atoms with E-state index in [2.05, 4.69) is 50.2 Å². The maximum Gasteiger partial charge on any atom is 0.145 e. The average molecular weight is 492 g/mol. The molecule has 0 saturated carbocycles. The number of carbonyl (C=O) groups is 3.